The van der Waals surface area contributed by atoms with Crippen molar-refractivity contribution in [2.24, 2.45) is 0 Å². The highest BCUT2D eigenvalue weighted by Gasteiger charge is 2.31. The van der Waals surface area contributed by atoms with E-state index in [-0.39, 0.29) is 18.2 Å². The molecular formula is C18H21ClF3N6O3-. The SMILES string of the molecule is FC(F)(F)Oc1ccc(Nc2nc(N3CCOCC3)nc(N3CCOCC3)n2)cc1.[Cl-]. The van der Waals surface area contributed by atoms with Gasteiger partial charge in [0, 0.05) is 31.9 Å². The van der Waals surface area contributed by atoms with Gasteiger partial charge in [0.2, 0.25) is 17.8 Å². The minimum atomic E-state index is -4.73. The Labute approximate surface area is 182 Å². The summed E-state index contributed by atoms with van der Waals surface area (Å²) >= 11 is 0. The fourth-order valence-corrected chi connectivity index (χ4v) is 3.09. The summed E-state index contributed by atoms with van der Waals surface area (Å²) in [5.41, 5.74) is 0.525. The van der Waals surface area contributed by atoms with Crippen LogP contribution in [0.4, 0.5) is 36.7 Å². The van der Waals surface area contributed by atoms with Crippen molar-refractivity contribution in [1.82, 2.24) is 15.0 Å². The molecule has 1 aromatic carbocycles. The third kappa shape index (κ3) is 6.45. The lowest BCUT2D eigenvalue weighted by molar-refractivity contribution is -0.274. The molecule has 9 nitrogen and oxygen atoms in total. The first kappa shape index (κ1) is 23.1. The van der Waals surface area contributed by atoms with Crippen LogP contribution in [0.1, 0.15) is 0 Å². The van der Waals surface area contributed by atoms with Gasteiger partial charge in [0.05, 0.1) is 26.4 Å². The highest BCUT2D eigenvalue weighted by atomic mass is 35.5. The lowest BCUT2D eigenvalue weighted by Gasteiger charge is -2.30. The van der Waals surface area contributed by atoms with Gasteiger partial charge in [-0.2, -0.15) is 15.0 Å². The molecule has 13 heteroatoms. The topological polar surface area (TPSA) is 84.9 Å². The van der Waals surface area contributed by atoms with Crippen molar-refractivity contribution < 1.29 is 39.8 Å². The van der Waals surface area contributed by atoms with Crippen molar-refractivity contribution in [2.45, 2.75) is 6.36 Å². The predicted octanol–water partition coefficient (Wildman–Crippen LogP) is -0.809. The molecule has 0 aliphatic carbocycles. The molecule has 1 N–H and O–H groups in total. The monoisotopic (exact) mass is 461 g/mol. The average Bonchev–Trinajstić information content (AvgIpc) is 2.75. The number of morpholine rings is 2. The van der Waals surface area contributed by atoms with Crippen molar-refractivity contribution in [3.8, 4) is 5.75 Å². The molecule has 0 atom stereocenters. The van der Waals surface area contributed by atoms with Gasteiger partial charge in [0.25, 0.3) is 0 Å². The van der Waals surface area contributed by atoms with Crippen LogP contribution in [0.25, 0.3) is 0 Å². The number of hydrogen-bond donors (Lipinski definition) is 1. The van der Waals surface area contributed by atoms with Gasteiger partial charge in [-0.3, -0.25) is 0 Å². The van der Waals surface area contributed by atoms with Crippen LogP contribution in [-0.2, 0) is 9.47 Å². The summed E-state index contributed by atoms with van der Waals surface area (Å²) in [5, 5.41) is 3.04. The molecule has 0 saturated carbocycles. The number of nitrogens with zero attached hydrogens (tertiary/aromatic N) is 5. The lowest BCUT2D eigenvalue weighted by Crippen LogP contribution is -3.00. The Morgan fingerprint density at radius 3 is 1.74 bits per heavy atom. The van der Waals surface area contributed by atoms with Crippen LogP contribution < -0.4 is 32.3 Å². The highest BCUT2D eigenvalue weighted by molar-refractivity contribution is 5.57. The summed E-state index contributed by atoms with van der Waals surface area (Å²) in [5.74, 6) is 1.05. The summed E-state index contributed by atoms with van der Waals surface area (Å²) < 4.78 is 51.7. The predicted molar refractivity (Wildman–Crippen MR) is 102 cm³/mol. The number of ether oxygens (including phenoxy) is 3. The molecule has 0 unspecified atom stereocenters. The Morgan fingerprint density at radius 2 is 1.29 bits per heavy atom. The Morgan fingerprint density at radius 1 is 0.806 bits per heavy atom. The number of anilines is 4. The number of nitrogens with one attached hydrogen (secondary N) is 1. The fourth-order valence-electron chi connectivity index (χ4n) is 3.09. The largest absolute Gasteiger partial charge is 1.00 e. The standard InChI is InChI=1S/C18H21F3N6O3.ClH/c19-18(20,21)30-14-3-1-13(2-4-14)22-15-23-16(26-5-9-28-10-6-26)25-17(24-15)27-7-11-29-12-8-27;/h1-4H,5-12H2,(H,22,23,24,25);1H/p-1. The van der Waals surface area contributed by atoms with Crippen LogP contribution in [0.2, 0.25) is 0 Å². The summed E-state index contributed by atoms with van der Waals surface area (Å²) in [7, 11) is 0. The van der Waals surface area contributed by atoms with Gasteiger partial charge in [-0.05, 0) is 24.3 Å². The molecule has 31 heavy (non-hydrogen) atoms. The lowest BCUT2D eigenvalue weighted by atomic mass is 10.3. The van der Waals surface area contributed by atoms with Crippen LogP contribution in [0.3, 0.4) is 0 Å². The van der Waals surface area contributed by atoms with Crippen molar-refractivity contribution in [1.29, 1.82) is 0 Å². The molecule has 0 spiro atoms. The molecule has 3 heterocycles. The van der Waals surface area contributed by atoms with Crippen molar-refractivity contribution in [3.63, 3.8) is 0 Å². The van der Waals surface area contributed by atoms with E-state index in [1.165, 1.54) is 24.3 Å². The number of hydrogen-bond acceptors (Lipinski definition) is 9. The molecule has 2 saturated heterocycles. The number of benzene rings is 1. The molecule has 2 aliphatic heterocycles. The number of aromatic nitrogens is 3. The summed E-state index contributed by atoms with van der Waals surface area (Å²) in [4.78, 5) is 17.6. The van der Waals surface area contributed by atoms with E-state index in [2.05, 4.69) is 25.0 Å². The molecule has 2 aliphatic rings. The first-order valence-corrected chi connectivity index (χ1v) is 9.51. The second kappa shape index (κ2) is 10.2. The van der Waals surface area contributed by atoms with E-state index < -0.39 is 6.36 Å². The Hall–Kier alpha value is -2.57. The summed E-state index contributed by atoms with van der Waals surface area (Å²) in [6.07, 6.45) is -4.73. The molecule has 1 aromatic heterocycles. The second-order valence-electron chi connectivity index (χ2n) is 6.66. The van der Waals surface area contributed by atoms with Gasteiger partial charge in [-0.15, -0.1) is 13.2 Å². The minimum absolute atomic E-state index is 0. The maximum absolute atomic E-state index is 12.3. The van der Waals surface area contributed by atoms with E-state index in [4.69, 9.17) is 9.47 Å². The Kier molecular flexibility index (Phi) is 7.57. The number of alkyl halides is 3. The smallest absolute Gasteiger partial charge is 0.573 e. The van der Waals surface area contributed by atoms with Crippen molar-refractivity contribution in [2.75, 3.05) is 67.7 Å². The van der Waals surface area contributed by atoms with Crippen molar-refractivity contribution >= 4 is 23.5 Å². The van der Waals surface area contributed by atoms with E-state index >= 15 is 0 Å². The van der Waals surface area contributed by atoms with Crippen LogP contribution in [0.5, 0.6) is 5.75 Å². The van der Waals surface area contributed by atoms with E-state index in [0.29, 0.717) is 76.1 Å². The van der Waals surface area contributed by atoms with Crippen LogP contribution in [-0.4, -0.2) is 73.9 Å². The number of rotatable bonds is 5. The zero-order chi connectivity index (χ0) is 21.0. The number of halogens is 4. The van der Waals surface area contributed by atoms with Gasteiger partial charge in [-0.1, -0.05) is 0 Å². The molecule has 2 fully saturated rings. The van der Waals surface area contributed by atoms with Crippen molar-refractivity contribution in [3.05, 3.63) is 24.3 Å². The van der Waals surface area contributed by atoms with Crippen LogP contribution in [0, 0.1) is 0 Å². The van der Waals surface area contributed by atoms with Gasteiger partial charge < -0.3 is 41.7 Å². The second-order valence-corrected chi connectivity index (χ2v) is 6.66. The third-order valence-corrected chi connectivity index (χ3v) is 4.54. The molecule has 4 rings (SSSR count). The molecular weight excluding hydrogens is 441 g/mol. The summed E-state index contributed by atoms with van der Waals surface area (Å²) in [6.45, 7) is 4.99. The van der Waals surface area contributed by atoms with Gasteiger partial charge in [-0.25, -0.2) is 0 Å². The molecule has 2 aromatic rings. The van der Waals surface area contributed by atoms with Gasteiger partial charge in [0.15, 0.2) is 0 Å². The molecule has 0 radical (unpaired) electrons. The Balaban J connectivity index is 0.00000272. The highest BCUT2D eigenvalue weighted by Crippen LogP contribution is 2.26. The van der Waals surface area contributed by atoms with Gasteiger partial charge >= 0.3 is 6.36 Å². The zero-order valence-corrected chi connectivity index (χ0v) is 17.2. The van der Waals surface area contributed by atoms with Gasteiger partial charge in [0.1, 0.15) is 5.75 Å². The Bertz CT molecular complexity index is 810. The third-order valence-electron chi connectivity index (χ3n) is 4.54. The maximum Gasteiger partial charge on any atom is 0.573 e. The first-order chi connectivity index (χ1) is 14.5. The molecule has 0 bridgehead atoms. The quantitative estimate of drug-likeness (QED) is 0.614. The minimum Gasteiger partial charge on any atom is -1.00 e. The molecule has 170 valence electrons. The summed E-state index contributed by atoms with van der Waals surface area (Å²) in [6, 6.07) is 5.38. The van der Waals surface area contributed by atoms with E-state index in [0.717, 1.165) is 0 Å². The molecule has 0 amide bonds. The van der Waals surface area contributed by atoms with Crippen LogP contribution in [0.15, 0.2) is 24.3 Å². The first-order valence-electron chi connectivity index (χ1n) is 9.51. The fraction of sp³-hybridized carbons (Fsp3) is 0.500. The van der Waals surface area contributed by atoms with Crippen LogP contribution >= 0.6 is 0 Å². The maximum atomic E-state index is 12.3. The van der Waals surface area contributed by atoms with E-state index in [1.807, 2.05) is 9.80 Å². The normalized spacial score (nSPS) is 17.1. The average molecular weight is 462 g/mol. The van der Waals surface area contributed by atoms with E-state index in [1.54, 1.807) is 0 Å². The van der Waals surface area contributed by atoms with E-state index in [9.17, 15) is 13.2 Å². The zero-order valence-electron chi connectivity index (χ0n) is 16.4.